The zero-order valence-electron chi connectivity index (χ0n) is 28.0. The molecule has 2 heterocycles. The Balaban J connectivity index is 0.952. The molecule has 5 fully saturated rings. The second-order valence-electron chi connectivity index (χ2n) is 14.7. The number of carbonyl (C=O) groups excluding carboxylic acids is 1. The largest absolute Gasteiger partial charge is 0.392 e. The number of carbonyl (C=O) groups is 1. The Hall–Kier alpha value is -3.70. The second kappa shape index (κ2) is 13.9. The quantitative estimate of drug-likeness (QED) is 0.154. The summed E-state index contributed by atoms with van der Waals surface area (Å²) in [6, 6.07) is 24.6. The van der Waals surface area contributed by atoms with Crippen LogP contribution in [0.5, 0.6) is 0 Å². The number of aryl methyl sites for hydroxylation is 1. The van der Waals surface area contributed by atoms with Crippen molar-refractivity contribution in [3.63, 3.8) is 0 Å². The number of aromatic nitrogens is 3. The maximum Gasteiger partial charge on any atom is 0.315 e. The average molecular weight is 680 g/mol. The van der Waals surface area contributed by atoms with E-state index in [2.05, 4.69) is 63.3 Å². The van der Waals surface area contributed by atoms with E-state index in [-0.39, 0.29) is 30.4 Å². The van der Waals surface area contributed by atoms with E-state index in [0.717, 1.165) is 75.6 Å². The van der Waals surface area contributed by atoms with Crippen LogP contribution in [0.2, 0.25) is 0 Å². The Morgan fingerprint density at radius 2 is 1.61 bits per heavy atom. The van der Waals surface area contributed by atoms with Gasteiger partial charge in [0, 0.05) is 36.9 Å². The van der Waals surface area contributed by atoms with E-state index in [4.69, 9.17) is 9.47 Å². The number of rotatable bonds is 10. The lowest BCUT2D eigenvalue weighted by molar-refractivity contribution is -0.245. The van der Waals surface area contributed by atoms with E-state index in [9.17, 15) is 9.90 Å². The maximum absolute atomic E-state index is 13.1. The van der Waals surface area contributed by atoms with Crippen molar-refractivity contribution < 1.29 is 19.4 Å². The molecule has 3 N–H and O–H groups in total. The summed E-state index contributed by atoms with van der Waals surface area (Å²) in [6.07, 6.45) is 9.11. The highest BCUT2D eigenvalue weighted by atomic mass is 32.2. The van der Waals surface area contributed by atoms with E-state index in [1.54, 1.807) is 18.1 Å². The number of aliphatic hydroxyl groups excluding tert-OH is 1. The number of hydrogen-bond donors (Lipinski definition) is 3. The summed E-state index contributed by atoms with van der Waals surface area (Å²) >= 11 is 1.63. The first-order valence-corrected chi connectivity index (χ1v) is 18.6. The Bertz CT molecular complexity index is 1740. The van der Waals surface area contributed by atoms with Crippen LogP contribution in [0.4, 0.5) is 4.79 Å². The lowest BCUT2D eigenvalue weighted by atomic mass is 9.53. The van der Waals surface area contributed by atoms with E-state index < -0.39 is 6.29 Å². The van der Waals surface area contributed by atoms with Crippen LogP contribution in [-0.4, -0.2) is 43.3 Å². The van der Waals surface area contributed by atoms with Crippen LogP contribution >= 0.6 is 11.8 Å². The van der Waals surface area contributed by atoms with Crippen LogP contribution in [0, 0.1) is 17.8 Å². The van der Waals surface area contributed by atoms with Crippen molar-refractivity contribution >= 4 is 17.8 Å². The van der Waals surface area contributed by atoms with Gasteiger partial charge in [-0.05, 0) is 96.2 Å². The first-order valence-electron chi connectivity index (χ1n) is 17.6. The maximum atomic E-state index is 13.1. The van der Waals surface area contributed by atoms with Gasteiger partial charge in [-0.25, -0.2) is 4.79 Å². The zero-order valence-corrected chi connectivity index (χ0v) is 28.8. The number of aliphatic hydroxyl groups is 1. The highest BCUT2D eigenvalue weighted by Gasteiger charge is 2.51. The van der Waals surface area contributed by atoms with Crippen LogP contribution in [0.1, 0.15) is 79.6 Å². The Kier molecular flexibility index (Phi) is 9.22. The molecule has 1 aliphatic heterocycles. The highest BCUT2D eigenvalue weighted by molar-refractivity contribution is 7.99. The van der Waals surface area contributed by atoms with Gasteiger partial charge < -0.3 is 29.8 Å². The van der Waals surface area contributed by atoms with Gasteiger partial charge in [-0.2, -0.15) is 0 Å². The normalized spacial score (nSPS) is 28.8. The van der Waals surface area contributed by atoms with Crippen LogP contribution < -0.4 is 10.6 Å². The standard InChI is InChI=1S/C39H45N5O4S/c1-44-24-41-43-38(44)49-23-34-17-35(30-10-8-25(22-45)9-11-30)48-36(47-34)33-7-3-6-32(16-33)31-5-2-4-26(15-31)21-40-37(46)42-39-18-27-12-28(19-39)14-29(13-27)20-39/h2-11,15-16,24,27-29,34-36,45H,12-14,17-23H2,1H3,(H2,40,42,46). The summed E-state index contributed by atoms with van der Waals surface area (Å²) in [5, 5.41) is 25.2. The zero-order chi connectivity index (χ0) is 33.4. The minimum absolute atomic E-state index is 0.000591. The molecule has 2 amide bonds. The molecular formula is C39H45N5O4S. The number of nitrogens with one attached hydrogen (secondary N) is 2. The van der Waals surface area contributed by atoms with E-state index >= 15 is 0 Å². The molecule has 9 rings (SSSR count). The molecule has 3 unspecified atom stereocenters. The molecule has 4 aliphatic carbocycles. The third-order valence-electron chi connectivity index (χ3n) is 11.0. The summed E-state index contributed by atoms with van der Waals surface area (Å²) in [5.41, 5.74) is 6.06. The summed E-state index contributed by atoms with van der Waals surface area (Å²) in [5.74, 6) is 3.09. The van der Waals surface area contributed by atoms with Crippen molar-refractivity contribution in [2.45, 2.75) is 87.3 Å². The van der Waals surface area contributed by atoms with E-state index in [0.29, 0.717) is 18.7 Å². The lowest BCUT2D eigenvalue weighted by Gasteiger charge is -2.56. The summed E-state index contributed by atoms with van der Waals surface area (Å²) < 4.78 is 15.1. The van der Waals surface area contributed by atoms with Crippen LogP contribution in [0.25, 0.3) is 11.1 Å². The molecular weight excluding hydrogens is 635 g/mol. The summed E-state index contributed by atoms with van der Waals surface area (Å²) in [6.45, 7) is 0.482. The molecule has 9 nitrogen and oxygen atoms in total. The van der Waals surface area contributed by atoms with Gasteiger partial charge in [0.25, 0.3) is 0 Å². The predicted molar refractivity (Wildman–Crippen MR) is 188 cm³/mol. The second-order valence-corrected chi connectivity index (χ2v) is 15.7. The molecule has 1 saturated heterocycles. The molecule has 5 aliphatic rings. The number of thioether (sulfide) groups is 1. The van der Waals surface area contributed by atoms with Crippen molar-refractivity contribution in [1.82, 2.24) is 25.4 Å². The van der Waals surface area contributed by atoms with Gasteiger partial charge in [0.2, 0.25) is 0 Å². The number of nitrogens with zero attached hydrogens (tertiary/aromatic N) is 3. The minimum atomic E-state index is -0.556. The SMILES string of the molecule is Cn1cnnc1SCC1CC(c2ccc(CO)cc2)OC(c2cccc(-c3cccc(CNC(=O)NC45CC6CC(CC(C6)C4)C5)c3)c2)O1. The van der Waals surface area contributed by atoms with Gasteiger partial charge in [0.1, 0.15) is 6.33 Å². The monoisotopic (exact) mass is 679 g/mol. The molecule has 10 heteroatoms. The predicted octanol–water partition coefficient (Wildman–Crippen LogP) is 7.08. The molecule has 49 heavy (non-hydrogen) atoms. The Morgan fingerprint density at radius 1 is 0.898 bits per heavy atom. The first-order chi connectivity index (χ1) is 23.9. The van der Waals surface area contributed by atoms with Gasteiger partial charge in [-0.3, -0.25) is 0 Å². The van der Waals surface area contributed by atoms with Gasteiger partial charge in [0.15, 0.2) is 11.4 Å². The molecule has 0 spiro atoms. The fourth-order valence-corrected chi connectivity index (χ4v) is 9.96. The molecule has 256 valence electrons. The molecule has 3 atom stereocenters. The number of amides is 2. The third kappa shape index (κ3) is 7.29. The molecule has 4 aromatic rings. The fourth-order valence-electron chi connectivity index (χ4n) is 9.05. The van der Waals surface area contributed by atoms with Crippen molar-refractivity contribution in [2.24, 2.45) is 24.8 Å². The smallest absolute Gasteiger partial charge is 0.315 e. The summed E-state index contributed by atoms with van der Waals surface area (Å²) in [4.78, 5) is 13.1. The molecule has 4 bridgehead atoms. The number of benzene rings is 3. The number of hydrogen-bond acceptors (Lipinski definition) is 7. The van der Waals surface area contributed by atoms with E-state index in [1.807, 2.05) is 41.9 Å². The van der Waals surface area contributed by atoms with Gasteiger partial charge >= 0.3 is 6.03 Å². The topological polar surface area (TPSA) is 111 Å². The molecule has 1 aromatic heterocycles. The van der Waals surface area contributed by atoms with Crippen molar-refractivity contribution in [1.29, 1.82) is 0 Å². The molecule has 3 aromatic carbocycles. The van der Waals surface area contributed by atoms with Crippen LogP contribution in [-0.2, 0) is 29.7 Å². The average Bonchev–Trinajstić information content (AvgIpc) is 3.53. The minimum Gasteiger partial charge on any atom is -0.392 e. The van der Waals surface area contributed by atoms with Gasteiger partial charge in [-0.1, -0.05) is 72.4 Å². The highest BCUT2D eigenvalue weighted by Crippen LogP contribution is 2.55. The Morgan fingerprint density at radius 3 is 2.31 bits per heavy atom. The fraction of sp³-hybridized carbons (Fsp3) is 0.462. The number of ether oxygens (including phenoxy) is 2. The molecule has 4 saturated carbocycles. The lowest BCUT2D eigenvalue weighted by Crippen LogP contribution is -2.61. The Labute approximate surface area is 292 Å². The van der Waals surface area contributed by atoms with Crippen LogP contribution in [0.3, 0.4) is 0 Å². The van der Waals surface area contributed by atoms with Gasteiger partial charge in [-0.15, -0.1) is 10.2 Å². The van der Waals surface area contributed by atoms with Crippen molar-refractivity contribution in [3.05, 3.63) is 101 Å². The third-order valence-corrected chi connectivity index (χ3v) is 12.1. The van der Waals surface area contributed by atoms with Crippen molar-refractivity contribution in [2.75, 3.05) is 5.75 Å². The summed E-state index contributed by atoms with van der Waals surface area (Å²) in [7, 11) is 1.94. The van der Waals surface area contributed by atoms with Crippen molar-refractivity contribution in [3.8, 4) is 11.1 Å². The van der Waals surface area contributed by atoms with Gasteiger partial charge in [0.05, 0.1) is 18.8 Å². The number of urea groups is 1. The molecule has 0 radical (unpaired) electrons. The van der Waals surface area contributed by atoms with Crippen LogP contribution in [0.15, 0.2) is 84.3 Å². The first kappa shape index (κ1) is 32.5. The van der Waals surface area contributed by atoms with E-state index in [1.165, 1.54) is 19.3 Å².